The average molecular weight is 251 g/mol. The van der Waals surface area contributed by atoms with Gasteiger partial charge in [-0.2, -0.15) is 9.90 Å². The fraction of sp³-hybridized carbons (Fsp3) is 0. The Labute approximate surface area is 72.9 Å². The SMILES string of the molecule is N.P.[Fe].[Nd]. The van der Waals surface area contributed by atoms with Crippen LogP contribution in [0.2, 0.25) is 0 Å². The van der Waals surface area contributed by atoms with Crippen molar-refractivity contribution in [1.82, 2.24) is 6.15 Å². The third kappa shape index (κ3) is 8.86. The molecule has 1 unspecified atom stereocenters. The second-order valence-corrected chi connectivity index (χ2v) is 0. The van der Waals surface area contributed by atoms with Gasteiger partial charge in [-0.3, -0.25) is 0 Å². The third-order valence-electron chi connectivity index (χ3n) is 0. The monoisotopic (exact) mass is 249 g/mol. The number of hydrogen-bond donors (Lipinski definition) is 1. The van der Waals surface area contributed by atoms with E-state index in [9.17, 15) is 0 Å². The number of hydrogen-bond acceptors (Lipinski definition) is 1. The summed E-state index contributed by atoms with van der Waals surface area (Å²) in [5.74, 6) is 0. The van der Waals surface area contributed by atoms with E-state index in [0.29, 0.717) is 0 Å². The fourth-order valence-corrected chi connectivity index (χ4v) is 0. The van der Waals surface area contributed by atoms with E-state index >= 15 is 0 Å². The Morgan fingerprint density at radius 1 is 1.00 bits per heavy atom. The Balaban J connectivity index is 0. The van der Waals surface area contributed by atoms with Crippen LogP contribution >= 0.6 is 9.90 Å². The maximum Gasteiger partial charge on any atom is 0 e. The van der Waals surface area contributed by atoms with Crippen LogP contribution < -0.4 is 6.15 Å². The molecule has 3 N–H and O–H groups in total. The second-order valence-electron chi connectivity index (χ2n) is 0. The Kier molecular flexibility index (Phi) is 158. The van der Waals surface area contributed by atoms with Gasteiger partial charge in [0, 0.05) is 57.9 Å². The van der Waals surface area contributed by atoms with Gasteiger partial charge in [0.2, 0.25) is 0 Å². The summed E-state index contributed by atoms with van der Waals surface area (Å²) in [6.45, 7) is 0. The zero-order valence-corrected chi connectivity index (χ0v) is 7.99. The molecule has 0 bridgehead atoms. The van der Waals surface area contributed by atoms with Gasteiger partial charge in [-0.15, -0.1) is 0 Å². The van der Waals surface area contributed by atoms with Crippen LogP contribution in [-0.2, 0) is 17.1 Å². The maximum absolute atomic E-state index is 0. The Bertz CT molecular complexity index is 8.00. The van der Waals surface area contributed by atoms with Crippen molar-refractivity contribution in [3.8, 4) is 0 Å². The Morgan fingerprint density at radius 3 is 1.00 bits per heavy atom. The largest absolute Gasteiger partial charge is 0.344 e. The topological polar surface area (TPSA) is 35.0 Å². The standard InChI is InChI=1S/Fe.H3N.Nd.H3P/h;1H3;;1H3. The molecule has 0 aliphatic rings. The first kappa shape index (κ1) is 33.9. The average Bonchev–Trinajstić information content (AvgIpc) is 0. The molecule has 4 heteroatoms. The molecule has 0 saturated carbocycles. The summed E-state index contributed by atoms with van der Waals surface area (Å²) < 4.78 is 0. The van der Waals surface area contributed by atoms with Crippen LogP contribution in [-0.4, -0.2) is 0 Å². The van der Waals surface area contributed by atoms with Crippen LogP contribution in [0, 0.1) is 40.8 Å². The molecule has 0 radical (unpaired) electrons. The minimum absolute atomic E-state index is 0. The first-order valence-corrected chi connectivity index (χ1v) is 0. The summed E-state index contributed by atoms with van der Waals surface area (Å²) in [5.41, 5.74) is 0. The van der Waals surface area contributed by atoms with Gasteiger partial charge in [-0.05, 0) is 0 Å². The maximum atomic E-state index is 0. The molecular formula is H6FeNNdP. The van der Waals surface area contributed by atoms with E-state index in [2.05, 4.69) is 0 Å². The van der Waals surface area contributed by atoms with Crippen molar-refractivity contribution in [3.05, 3.63) is 0 Å². The van der Waals surface area contributed by atoms with Crippen molar-refractivity contribution in [3.63, 3.8) is 0 Å². The van der Waals surface area contributed by atoms with Gasteiger partial charge < -0.3 is 6.15 Å². The smallest absolute Gasteiger partial charge is 0 e. The van der Waals surface area contributed by atoms with Crippen LogP contribution in [0.5, 0.6) is 0 Å². The number of rotatable bonds is 0. The molecule has 0 spiro atoms. The summed E-state index contributed by atoms with van der Waals surface area (Å²) in [4.78, 5) is 0. The predicted octanol–water partition coefficient (Wildman–Crippen LogP) is 0.218. The molecule has 0 fully saturated rings. The molecule has 0 heterocycles. The van der Waals surface area contributed by atoms with Crippen LogP contribution in [0.25, 0.3) is 0 Å². The molecule has 4 heavy (non-hydrogen) atoms. The van der Waals surface area contributed by atoms with Gasteiger partial charge in [-0.25, -0.2) is 0 Å². The van der Waals surface area contributed by atoms with E-state index in [1.807, 2.05) is 0 Å². The molecule has 1 nitrogen and oxygen atoms in total. The normalized spacial score (nSPS) is 0. The Morgan fingerprint density at radius 2 is 1.00 bits per heavy atom. The first-order chi connectivity index (χ1) is 0. The Hall–Kier alpha value is 2.26. The van der Waals surface area contributed by atoms with Crippen molar-refractivity contribution in [2.24, 2.45) is 0 Å². The summed E-state index contributed by atoms with van der Waals surface area (Å²) in [7, 11) is 0. The molecule has 0 aliphatic heterocycles. The van der Waals surface area contributed by atoms with Gasteiger partial charge in [0.1, 0.15) is 0 Å². The van der Waals surface area contributed by atoms with Crippen molar-refractivity contribution in [2.45, 2.75) is 0 Å². The molecule has 0 aromatic heterocycles. The minimum atomic E-state index is 0. The quantitative estimate of drug-likeness (QED) is 0.485. The van der Waals surface area contributed by atoms with Gasteiger partial charge in [0.05, 0.1) is 0 Å². The van der Waals surface area contributed by atoms with Crippen LogP contribution in [0.15, 0.2) is 0 Å². The van der Waals surface area contributed by atoms with E-state index in [0.717, 1.165) is 0 Å². The summed E-state index contributed by atoms with van der Waals surface area (Å²) in [6, 6.07) is 0. The molecule has 28 valence electrons. The summed E-state index contributed by atoms with van der Waals surface area (Å²) >= 11 is 0. The molecule has 0 aromatic carbocycles. The molecule has 0 rings (SSSR count). The van der Waals surface area contributed by atoms with E-state index in [4.69, 9.17) is 0 Å². The minimum Gasteiger partial charge on any atom is -0.344 e. The van der Waals surface area contributed by atoms with E-state index in [1.165, 1.54) is 0 Å². The molecule has 0 amide bonds. The van der Waals surface area contributed by atoms with Crippen molar-refractivity contribution < 1.29 is 57.9 Å². The second kappa shape index (κ2) is 18.7. The van der Waals surface area contributed by atoms with Gasteiger partial charge >= 0.3 is 0 Å². The summed E-state index contributed by atoms with van der Waals surface area (Å²) in [6.07, 6.45) is 0. The molecular weight excluding hydrogens is 245 g/mol. The van der Waals surface area contributed by atoms with Crippen molar-refractivity contribution in [2.75, 3.05) is 0 Å². The zero-order chi connectivity index (χ0) is 0. The molecule has 0 aromatic rings. The van der Waals surface area contributed by atoms with Gasteiger partial charge in [-0.1, -0.05) is 0 Å². The van der Waals surface area contributed by atoms with E-state index < -0.39 is 0 Å². The van der Waals surface area contributed by atoms with E-state index in [1.54, 1.807) is 0 Å². The van der Waals surface area contributed by atoms with Crippen LogP contribution in [0.4, 0.5) is 0 Å². The molecule has 1 atom stereocenters. The molecule has 0 aliphatic carbocycles. The predicted molar refractivity (Wildman–Crippen MR) is 16.1 cm³/mol. The van der Waals surface area contributed by atoms with Gasteiger partial charge in [0.25, 0.3) is 0 Å². The van der Waals surface area contributed by atoms with Crippen LogP contribution in [0.3, 0.4) is 0 Å². The van der Waals surface area contributed by atoms with Gasteiger partial charge in [0.15, 0.2) is 0 Å². The fourth-order valence-electron chi connectivity index (χ4n) is 0. The third-order valence-corrected chi connectivity index (χ3v) is 0. The van der Waals surface area contributed by atoms with E-state index in [-0.39, 0.29) is 74.0 Å². The zero-order valence-electron chi connectivity index (χ0n) is 2.27. The van der Waals surface area contributed by atoms with Crippen molar-refractivity contribution in [1.29, 1.82) is 0 Å². The first-order valence-electron chi connectivity index (χ1n) is 0. The van der Waals surface area contributed by atoms with Crippen LogP contribution in [0.1, 0.15) is 0 Å². The molecule has 0 saturated heterocycles. The van der Waals surface area contributed by atoms with Crippen molar-refractivity contribution >= 4 is 9.90 Å². The summed E-state index contributed by atoms with van der Waals surface area (Å²) in [5, 5.41) is 0.